The Bertz CT molecular complexity index is 2660. The Hall–Kier alpha value is -6.00. The van der Waals surface area contributed by atoms with Crippen LogP contribution in [0.5, 0.6) is 0 Å². The molecule has 2 aliphatic heterocycles. The van der Waals surface area contributed by atoms with Crippen LogP contribution in [0.1, 0.15) is 22.3 Å². The molecule has 2 aliphatic carbocycles. The molecule has 230 valence electrons. The first kappa shape index (κ1) is 27.0. The quantitative estimate of drug-likeness (QED) is 0.181. The van der Waals surface area contributed by atoms with E-state index < -0.39 is 0 Å². The second kappa shape index (κ2) is 9.77. The summed E-state index contributed by atoms with van der Waals surface area (Å²) in [5.74, 6) is 0. The van der Waals surface area contributed by atoms with Gasteiger partial charge in [0.25, 0.3) is 6.71 Å². The molecule has 1 aromatic heterocycles. The van der Waals surface area contributed by atoms with Crippen LogP contribution in [0, 0.1) is 13.8 Å². The minimum atomic E-state index is 0.115. The van der Waals surface area contributed by atoms with Crippen LogP contribution in [0.2, 0.25) is 0 Å². The molecule has 0 saturated heterocycles. The summed E-state index contributed by atoms with van der Waals surface area (Å²) >= 11 is 0. The highest BCUT2D eigenvalue weighted by atomic mass is 15.2. The Morgan fingerprint density at radius 3 is 1.88 bits per heavy atom. The third-order valence-corrected chi connectivity index (χ3v) is 11.3. The van der Waals surface area contributed by atoms with Crippen molar-refractivity contribution in [3.63, 3.8) is 0 Å². The monoisotopic (exact) mass is 625 g/mol. The van der Waals surface area contributed by atoms with E-state index in [2.05, 4.69) is 174 Å². The van der Waals surface area contributed by atoms with Crippen molar-refractivity contribution in [2.45, 2.75) is 20.3 Å². The zero-order valence-electron chi connectivity index (χ0n) is 27.5. The van der Waals surface area contributed by atoms with Crippen molar-refractivity contribution in [3.05, 3.63) is 168 Å². The van der Waals surface area contributed by atoms with Gasteiger partial charge in [0.05, 0.1) is 11.0 Å². The van der Waals surface area contributed by atoms with E-state index in [0.717, 1.165) is 6.42 Å². The summed E-state index contributed by atoms with van der Waals surface area (Å²) in [6, 6.07) is 54.1. The van der Waals surface area contributed by atoms with Gasteiger partial charge in [-0.1, -0.05) is 84.4 Å². The zero-order valence-corrected chi connectivity index (χ0v) is 27.5. The highest BCUT2D eigenvalue weighted by Gasteiger charge is 2.46. The van der Waals surface area contributed by atoms with E-state index >= 15 is 0 Å². The molecule has 7 aromatic carbocycles. The average Bonchev–Trinajstić information content (AvgIpc) is 3.47. The number of hydrogen-bond acceptors (Lipinski definition) is 2. The molecule has 8 aromatic rings. The number of fused-ring (bicyclic) bond motifs is 5. The van der Waals surface area contributed by atoms with Gasteiger partial charge >= 0.3 is 0 Å². The van der Waals surface area contributed by atoms with Gasteiger partial charge < -0.3 is 14.4 Å². The number of hydrogen-bond donors (Lipinski definition) is 0. The van der Waals surface area contributed by atoms with E-state index in [1.54, 1.807) is 0 Å². The molecule has 0 atom stereocenters. The van der Waals surface area contributed by atoms with Gasteiger partial charge in [0.1, 0.15) is 0 Å². The Kier molecular flexibility index (Phi) is 5.39. The average molecular weight is 626 g/mol. The van der Waals surface area contributed by atoms with Crippen LogP contribution in [0.3, 0.4) is 0 Å². The lowest BCUT2D eigenvalue weighted by molar-refractivity contribution is 1.03. The largest absolute Gasteiger partial charge is 0.311 e. The van der Waals surface area contributed by atoms with Gasteiger partial charge in [-0.05, 0) is 120 Å². The van der Waals surface area contributed by atoms with Crippen LogP contribution in [0.4, 0.5) is 34.1 Å². The van der Waals surface area contributed by atoms with Gasteiger partial charge in [-0.25, -0.2) is 0 Å². The van der Waals surface area contributed by atoms with Crippen molar-refractivity contribution in [2.75, 3.05) is 9.80 Å². The molecule has 3 nitrogen and oxygen atoms in total. The third-order valence-electron chi connectivity index (χ3n) is 11.3. The summed E-state index contributed by atoms with van der Waals surface area (Å²) in [5.41, 5.74) is 21.0. The minimum Gasteiger partial charge on any atom is -0.311 e. The molecule has 0 amide bonds. The summed E-state index contributed by atoms with van der Waals surface area (Å²) in [6.07, 6.45) is 1.05. The molecular weight excluding hydrogens is 593 g/mol. The molecular formula is C45H32BN3. The molecule has 0 fully saturated rings. The van der Waals surface area contributed by atoms with Crippen LogP contribution < -0.4 is 26.2 Å². The number of anilines is 6. The number of para-hydroxylation sites is 3. The summed E-state index contributed by atoms with van der Waals surface area (Å²) in [4.78, 5) is 5.05. The predicted octanol–water partition coefficient (Wildman–Crippen LogP) is 9.39. The molecule has 0 spiro atoms. The summed E-state index contributed by atoms with van der Waals surface area (Å²) in [7, 11) is 0. The van der Waals surface area contributed by atoms with Crippen molar-refractivity contribution in [1.82, 2.24) is 4.57 Å². The number of aromatic nitrogens is 1. The lowest BCUT2D eigenvalue weighted by Gasteiger charge is -2.46. The predicted molar refractivity (Wildman–Crippen MR) is 207 cm³/mol. The van der Waals surface area contributed by atoms with Gasteiger partial charge in [-0.3, -0.25) is 0 Å². The van der Waals surface area contributed by atoms with E-state index in [9.17, 15) is 0 Å². The smallest absolute Gasteiger partial charge is 0.252 e. The SMILES string of the molecule is Cc1ccc(N2c3cccc4c3B(c3cc5c6ccccc6n(-c6ccccc6)c5cc3N4c3ccccc3)c3c2cc2c(C)c3C2)cc1. The third kappa shape index (κ3) is 3.58. The first-order valence-corrected chi connectivity index (χ1v) is 17.3. The van der Waals surface area contributed by atoms with E-state index in [0.29, 0.717) is 0 Å². The lowest BCUT2D eigenvalue weighted by atomic mass is 9.32. The molecule has 0 unspecified atom stereocenters. The van der Waals surface area contributed by atoms with E-state index in [1.165, 1.54) is 100 Å². The first-order valence-electron chi connectivity index (χ1n) is 17.3. The van der Waals surface area contributed by atoms with Gasteiger partial charge in [-0.15, -0.1) is 0 Å². The minimum absolute atomic E-state index is 0.115. The number of rotatable bonds is 3. The van der Waals surface area contributed by atoms with E-state index in [1.807, 2.05) is 0 Å². The summed E-state index contributed by atoms with van der Waals surface area (Å²) in [6.45, 7) is 4.61. The normalized spacial score (nSPS) is 13.7. The van der Waals surface area contributed by atoms with Gasteiger partial charge in [-0.2, -0.15) is 0 Å². The van der Waals surface area contributed by atoms with Crippen LogP contribution in [0.25, 0.3) is 27.5 Å². The highest BCUT2D eigenvalue weighted by molar-refractivity contribution is 7.00. The van der Waals surface area contributed by atoms with Crippen LogP contribution in [0.15, 0.2) is 146 Å². The van der Waals surface area contributed by atoms with Gasteiger partial charge in [0, 0.05) is 50.6 Å². The van der Waals surface area contributed by atoms with E-state index in [4.69, 9.17) is 0 Å². The number of benzene rings is 7. The zero-order chi connectivity index (χ0) is 32.4. The van der Waals surface area contributed by atoms with Crippen molar-refractivity contribution in [2.24, 2.45) is 0 Å². The van der Waals surface area contributed by atoms with Crippen LogP contribution in [-0.4, -0.2) is 11.3 Å². The fourth-order valence-electron chi connectivity index (χ4n) is 8.97. The van der Waals surface area contributed by atoms with Crippen molar-refractivity contribution in [1.29, 1.82) is 0 Å². The van der Waals surface area contributed by atoms with Gasteiger partial charge in [0.15, 0.2) is 0 Å². The maximum atomic E-state index is 2.53. The molecule has 12 rings (SSSR count). The number of aryl methyl sites for hydroxylation is 2. The molecule has 0 saturated carbocycles. The first-order chi connectivity index (χ1) is 24.2. The van der Waals surface area contributed by atoms with Crippen molar-refractivity contribution in [3.8, 4) is 5.69 Å². The van der Waals surface area contributed by atoms with Crippen molar-refractivity contribution < 1.29 is 0 Å². The molecule has 0 N–H and O–H groups in total. The Morgan fingerprint density at radius 1 is 0.490 bits per heavy atom. The Morgan fingerprint density at radius 2 is 1.14 bits per heavy atom. The summed E-state index contributed by atoms with van der Waals surface area (Å²) in [5, 5.41) is 2.58. The maximum Gasteiger partial charge on any atom is 0.252 e. The maximum absolute atomic E-state index is 2.53. The standard InChI is InChI=1S/C45H32BN3/c1-28-20-22-33(23-21-28)49-40-19-11-18-39-45(40)46(44-35-24-30(29(35)2)25-43(44)49)37-26-36-34-16-9-10-17-38(34)47(31-12-5-3-6-13-31)41(36)27-42(37)48(39)32-14-7-4-8-15-32/h3-23,25-27H,24H2,1-2H3. The Labute approximate surface area is 286 Å². The molecule has 4 heteroatoms. The fraction of sp³-hybridized carbons (Fsp3) is 0.0667. The topological polar surface area (TPSA) is 11.4 Å². The number of nitrogens with zero attached hydrogens (tertiary/aromatic N) is 3. The van der Waals surface area contributed by atoms with Crippen molar-refractivity contribution >= 4 is 79.0 Å². The van der Waals surface area contributed by atoms with Crippen LogP contribution >= 0.6 is 0 Å². The van der Waals surface area contributed by atoms with Crippen LogP contribution in [-0.2, 0) is 6.42 Å². The molecule has 4 aliphatic rings. The molecule has 0 radical (unpaired) electrons. The van der Waals surface area contributed by atoms with E-state index in [-0.39, 0.29) is 6.71 Å². The second-order valence-corrected chi connectivity index (χ2v) is 13.8. The fourth-order valence-corrected chi connectivity index (χ4v) is 8.97. The second-order valence-electron chi connectivity index (χ2n) is 13.8. The molecule has 49 heavy (non-hydrogen) atoms. The molecule has 2 bridgehead atoms. The summed E-state index contributed by atoms with van der Waals surface area (Å²) < 4.78 is 2.44. The lowest BCUT2D eigenvalue weighted by Crippen LogP contribution is -2.63. The highest BCUT2D eigenvalue weighted by Crippen LogP contribution is 2.47. The van der Waals surface area contributed by atoms with Gasteiger partial charge in [0.2, 0.25) is 0 Å². The molecule has 3 heterocycles. The Balaban J connectivity index is 1.28.